The molecule has 2 heterocycles. The molecule has 0 spiro atoms. The lowest BCUT2D eigenvalue weighted by atomic mass is 10.2. The summed E-state index contributed by atoms with van der Waals surface area (Å²) in [6, 6.07) is 5.89. The van der Waals surface area contributed by atoms with Gasteiger partial charge in [-0.05, 0) is 26.0 Å². The summed E-state index contributed by atoms with van der Waals surface area (Å²) < 4.78 is 6.99. The molecule has 2 aromatic rings. The van der Waals surface area contributed by atoms with Gasteiger partial charge < -0.3 is 9.73 Å². The highest BCUT2D eigenvalue weighted by atomic mass is 16.3. The SMILES string of the molecule is Cc1nn(C)c(NC(C)c2ccco2)c1C#N. The van der Waals surface area contributed by atoms with Crippen LogP contribution in [0.5, 0.6) is 0 Å². The van der Waals surface area contributed by atoms with Gasteiger partial charge in [-0.1, -0.05) is 0 Å². The Morgan fingerprint density at radius 3 is 2.94 bits per heavy atom. The van der Waals surface area contributed by atoms with Crippen molar-refractivity contribution in [3.05, 3.63) is 35.4 Å². The van der Waals surface area contributed by atoms with E-state index in [2.05, 4.69) is 16.5 Å². The lowest BCUT2D eigenvalue weighted by molar-refractivity contribution is 0.489. The van der Waals surface area contributed by atoms with Crippen LogP contribution in [0.1, 0.15) is 30.0 Å². The Hall–Kier alpha value is -2.22. The number of nitriles is 1. The molecule has 0 radical (unpaired) electrons. The van der Waals surface area contributed by atoms with Crippen LogP contribution in [0, 0.1) is 18.3 Å². The van der Waals surface area contributed by atoms with Gasteiger partial charge in [0.2, 0.25) is 0 Å². The topological polar surface area (TPSA) is 66.8 Å². The standard InChI is InChI=1S/C12H14N4O/c1-8-10(7-13)12(16(3)15-8)14-9(2)11-5-4-6-17-11/h4-6,9,14H,1-3H3. The number of furan rings is 1. The van der Waals surface area contributed by atoms with Crippen LogP contribution in [0.2, 0.25) is 0 Å². The fraction of sp³-hybridized carbons (Fsp3) is 0.333. The van der Waals surface area contributed by atoms with E-state index in [9.17, 15) is 0 Å². The van der Waals surface area contributed by atoms with Crippen LogP contribution in [-0.2, 0) is 7.05 Å². The van der Waals surface area contributed by atoms with Gasteiger partial charge in [-0.25, -0.2) is 0 Å². The minimum atomic E-state index is -0.00750. The average Bonchev–Trinajstić information content (AvgIpc) is 2.88. The largest absolute Gasteiger partial charge is 0.467 e. The highest BCUT2D eigenvalue weighted by Crippen LogP contribution is 2.23. The minimum absolute atomic E-state index is 0.00750. The van der Waals surface area contributed by atoms with Crippen LogP contribution in [0.3, 0.4) is 0 Å². The Morgan fingerprint density at radius 1 is 1.59 bits per heavy atom. The molecule has 0 aromatic carbocycles. The summed E-state index contributed by atoms with van der Waals surface area (Å²) in [5.41, 5.74) is 1.30. The monoisotopic (exact) mass is 230 g/mol. The van der Waals surface area contributed by atoms with Crippen molar-refractivity contribution in [2.45, 2.75) is 19.9 Å². The van der Waals surface area contributed by atoms with Crippen molar-refractivity contribution in [1.82, 2.24) is 9.78 Å². The third kappa shape index (κ3) is 2.02. The Labute approximate surface area is 99.7 Å². The van der Waals surface area contributed by atoms with E-state index < -0.39 is 0 Å². The van der Waals surface area contributed by atoms with Crippen molar-refractivity contribution in [3.8, 4) is 6.07 Å². The molecule has 88 valence electrons. The summed E-state index contributed by atoms with van der Waals surface area (Å²) in [6.45, 7) is 3.80. The van der Waals surface area contributed by atoms with Gasteiger partial charge in [-0.3, -0.25) is 4.68 Å². The normalized spacial score (nSPS) is 12.1. The highest BCUT2D eigenvalue weighted by Gasteiger charge is 2.16. The maximum Gasteiger partial charge on any atom is 0.142 e. The first-order chi connectivity index (χ1) is 8.13. The molecule has 1 unspecified atom stereocenters. The van der Waals surface area contributed by atoms with Gasteiger partial charge in [-0.2, -0.15) is 10.4 Å². The smallest absolute Gasteiger partial charge is 0.142 e. The third-order valence-corrected chi connectivity index (χ3v) is 2.66. The van der Waals surface area contributed by atoms with Crippen molar-refractivity contribution in [3.63, 3.8) is 0 Å². The number of nitrogens with zero attached hydrogens (tertiary/aromatic N) is 3. The molecule has 0 saturated heterocycles. The van der Waals surface area contributed by atoms with Crippen LogP contribution in [0.4, 0.5) is 5.82 Å². The van der Waals surface area contributed by atoms with E-state index in [1.165, 1.54) is 0 Å². The second-order valence-corrected chi connectivity index (χ2v) is 3.93. The molecule has 1 N–H and O–H groups in total. The van der Waals surface area contributed by atoms with Gasteiger partial charge in [0, 0.05) is 7.05 Å². The van der Waals surface area contributed by atoms with Gasteiger partial charge >= 0.3 is 0 Å². The van der Waals surface area contributed by atoms with Gasteiger partial charge in [0.15, 0.2) is 0 Å². The van der Waals surface area contributed by atoms with E-state index in [0.29, 0.717) is 11.4 Å². The predicted molar refractivity (Wildman–Crippen MR) is 63.4 cm³/mol. The molecule has 0 fully saturated rings. The highest BCUT2D eigenvalue weighted by molar-refractivity contribution is 5.55. The van der Waals surface area contributed by atoms with Gasteiger partial charge in [0.25, 0.3) is 0 Å². The fourth-order valence-corrected chi connectivity index (χ4v) is 1.77. The number of aromatic nitrogens is 2. The van der Waals surface area contributed by atoms with Crippen molar-refractivity contribution in [2.75, 3.05) is 5.32 Å². The number of nitrogens with one attached hydrogen (secondary N) is 1. The Kier molecular flexibility index (Phi) is 2.88. The third-order valence-electron chi connectivity index (χ3n) is 2.66. The molecule has 0 aliphatic heterocycles. The molecule has 0 bridgehead atoms. The van der Waals surface area contributed by atoms with Crippen molar-refractivity contribution < 1.29 is 4.42 Å². The van der Waals surface area contributed by atoms with Gasteiger partial charge in [-0.15, -0.1) is 0 Å². The van der Waals surface area contributed by atoms with Crippen LogP contribution in [0.25, 0.3) is 0 Å². The van der Waals surface area contributed by atoms with Crippen LogP contribution in [0.15, 0.2) is 22.8 Å². The zero-order valence-corrected chi connectivity index (χ0v) is 10.1. The summed E-state index contributed by atoms with van der Waals surface area (Å²) in [4.78, 5) is 0. The lowest BCUT2D eigenvalue weighted by Gasteiger charge is -2.13. The van der Waals surface area contributed by atoms with Crippen LogP contribution >= 0.6 is 0 Å². The summed E-state index contributed by atoms with van der Waals surface area (Å²) in [5, 5.41) is 16.5. The maximum atomic E-state index is 9.09. The van der Waals surface area contributed by atoms with E-state index in [1.54, 1.807) is 10.9 Å². The van der Waals surface area contributed by atoms with E-state index >= 15 is 0 Å². The molecule has 17 heavy (non-hydrogen) atoms. The molecule has 2 aromatic heterocycles. The quantitative estimate of drug-likeness (QED) is 0.879. The summed E-state index contributed by atoms with van der Waals surface area (Å²) in [6.07, 6.45) is 1.63. The van der Waals surface area contributed by atoms with Crippen molar-refractivity contribution in [2.24, 2.45) is 7.05 Å². The number of anilines is 1. The maximum absolute atomic E-state index is 9.09. The second-order valence-electron chi connectivity index (χ2n) is 3.93. The summed E-state index contributed by atoms with van der Waals surface area (Å²) in [5.74, 6) is 1.54. The first-order valence-electron chi connectivity index (χ1n) is 5.37. The van der Waals surface area contributed by atoms with Crippen molar-refractivity contribution >= 4 is 5.82 Å². The van der Waals surface area contributed by atoms with E-state index in [-0.39, 0.29) is 6.04 Å². The molecule has 0 saturated carbocycles. The zero-order chi connectivity index (χ0) is 12.4. The van der Waals surface area contributed by atoms with Gasteiger partial charge in [0.1, 0.15) is 23.2 Å². The predicted octanol–water partition coefficient (Wildman–Crippen LogP) is 2.37. The molecule has 5 nitrogen and oxygen atoms in total. The summed E-state index contributed by atoms with van der Waals surface area (Å²) >= 11 is 0. The van der Waals surface area contributed by atoms with E-state index in [0.717, 1.165) is 11.5 Å². The minimum Gasteiger partial charge on any atom is -0.467 e. The number of rotatable bonds is 3. The average molecular weight is 230 g/mol. The number of hydrogen-bond acceptors (Lipinski definition) is 4. The molecular formula is C12H14N4O. The number of aryl methyl sites for hydroxylation is 2. The first-order valence-corrected chi connectivity index (χ1v) is 5.37. The molecule has 0 aliphatic carbocycles. The number of hydrogen-bond donors (Lipinski definition) is 1. The molecule has 5 heteroatoms. The van der Waals surface area contributed by atoms with E-state index in [4.69, 9.17) is 9.68 Å². The fourth-order valence-electron chi connectivity index (χ4n) is 1.77. The summed E-state index contributed by atoms with van der Waals surface area (Å²) in [7, 11) is 1.81. The van der Waals surface area contributed by atoms with Crippen molar-refractivity contribution in [1.29, 1.82) is 5.26 Å². The molecular weight excluding hydrogens is 216 g/mol. The molecule has 0 aliphatic rings. The zero-order valence-electron chi connectivity index (χ0n) is 10.1. The first kappa shape index (κ1) is 11.3. The Balaban J connectivity index is 2.28. The van der Waals surface area contributed by atoms with Gasteiger partial charge in [0.05, 0.1) is 18.0 Å². The molecule has 1 atom stereocenters. The Bertz CT molecular complexity index is 548. The molecule has 0 amide bonds. The van der Waals surface area contributed by atoms with Crippen LogP contribution < -0.4 is 5.32 Å². The molecule has 2 rings (SSSR count). The Morgan fingerprint density at radius 2 is 2.35 bits per heavy atom. The lowest BCUT2D eigenvalue weighted by Crippen LogP contribution is -2.10. The van der Waals surface area contributed by atoms with E-state index in [1.807, 2.05) is 33.0 Å². The van der Waals surface area contributed by atoms with Crippen LogP contribution in [-0.4, -0.2) is 9.78 Å². The second kappa shape index (κ2) is 4.34.